The van der Waals surface area contributed by atoms with Crippen molar-refractivity contribution in [2.75, 3.05) is 12.4 Å². The van der Waals surface area contributed by atoms with Crippen molar-refractivity contribution >= 4 is 11.8 Å². The summed E-state index contributed by atoms with van der Waals surface area (Å²) in [4.78, 5) is 0. The third kappa shape index (κ3) is 3.14. The maximum Gasteiger partial charge on any atom is 0.0693 e. The maximum absolute atomic E-state index is 6.05. The molecule has 1 heterocycles. The molecule has 0 aromatic rings. The fraction of sp³-hybridized carbons (Fsp3) is 1.00. The van der Waals surface area contributed by atoms with Crippen LogP contribution < -0.4 is 5.73 Å². The Morgan fingerprint density at radius 3 is 2.88 bits per heavy atom. The first-order valence-electron chi connectivity index (χ1n) is 6.75. The second-order valence-corrected chi connectivity index (χ2v) is 6.69. The molecule has 16 heavy (non-hydrogen) atoms. The fourth-order valence-electron chi connectivity index (χ4n) is 2.87. The third-order valence-corrected chi connectivity index (χ3v) is 5.53. The highest BCUT2D eigenvalue weighted by atomic mass is 32.2. The molecular weight excluding hydrogens is 218 g/mol. The number of hydrogen-bond acceptors (Lipinski definition) is 3. The Morgan fingerprint density at radius 1 is 1.44 bits per heavy atom. The van der Waals surface area contributed by atoms with Crippen LogP contribution >= 0.6 is 11.8 Å². The lowest BCUT2D eigenvalue weighted by Gasteiger charge is -2.38. The molecule has 2 atom stereocenters. The largest absolute Gasteiger partial charge is 0.375 e. The van der Waals surface area contributed by atoms with Gasteiger partial charge in [0.05, 0.1) is 5.60 Å². The molecule has 2 rings (SSSR count). The summed E-state index contributed by atoms with van der Waals surface area (Å²) >= 11 is 2.09. The molecule has 1 aliphatic carbocycles. The highest BCUT2D eigenvalue weighted by Crippen LogP contribution is 2.42. The molecule has 0 bridgehead atoms. The summed E-state index contributed by atoms with van der Waals surface area (Å²) in [5.74, 6) is 1.12. The number of ether oxygens (including phenoxy) is 1. The lowest BCUT2D eigenvalue weighted by molar-refractivity contribution is -0.0704. The molecule has 2 aliphatic rings. The normalized spacial score (nSPS) is 30.8. The first-order chi connectivity index (χ1) is 7.74. The summed E-state index contributed by atoms with van der Waals surface area (Å²) < 4.78 is 6.05. The van der Waals surface area contributed by atoms with E-state index in [2.05, 4.69) is 18.7 Å². The van der Waals surface area contributed by atoms with E-state index in [0.717, 1.165) is 24.0 Å². The Bertz CT molecular complexity index is 216. The number of nitrogens with two attached hydrogens (primary N) is 1. The van der Waals surface area contributed by atoms with Crippen LogP contribution in [0.5, 0.6) is 0 Å². The summed E-state index contributed by atoms with van der Waals surface area (Å²) in [6.07, 6.45) is 8.92. The Balaban J connectivity index is 1.78. The van der Waals surface area contributed by atoms with Gasteiger partial charge in [0.25, 0.3) is 0 Å². The van der Waals surface area contributed by atoms with Gasteiger partial charge in [-0.2, -0.15) is 11.8 Å². The lowest BCUT2D eigenvalue weighted by atomic mass is 9.92. The van der Waals surface area contributed by atoms with E-state index >= 15 is 0 Å². The SMILES string of the molecule is CCC(N)CSC1CCOC2(CCCC2)C1. The summed E-state index contributed by atoms with van der Waals surface area (Å²) in [6.45, 7) is 3.15. The van der Waals surface area contributed by atoms with E-state index in [1.807, 2.05) is 0 Å². The second-order valence-electron chi connectivity index (χ2n) is 5.36. The Kier molecular flexibility index (Phi) is 4.57. The molecule has 1 spiro atoms. The third-order valence-electron chi connectivity index (χ3n) is 4.03. The molecule has 0 amide bonds. The van der Waals surface area contributed by atoms with Crippen LogP contribution in [0.4, 0.5) is 0 Å². The summed E-state index contributed by atoms with van der Waals surface area (Å²) in [5, 5.41) is 0.796. The van der Waals surface area contributed by atoms with Crippen molar-refractivity contribution < 1.29 is 4.74 Å². The number of hydrogen-bond donors (Lipinski definition) is 1. The van der Waals surface area contributed by atoms with Crippen molar-refractivity contribution in [1.29, 1.82) is 0 Å². The zero-order valence-corrected chi connectivity index (χ0v) is 11.2. The summed E-state index contributed by atoms with van der Waals surface area (Å²) in [7, 11) is 0. The van der Waals surface area contributed by atoms with Crippen molar-refractivity contribution in [3.05, 3.63) is 0 Å². The van der Waals surface area contributed by atoms with Crippen LogP contribution in [0.3, 0.4) is 0 Å². The first-order valence-corrected chi connectivity index (χ1v) is 7.80. The van der Waals surface area contributed by atoms with E-state index in [1.54, 1.807) is 0 Å². The van der Waals surface area contributed by atoms with Crippen LogP contribution in [-0.2, 0) is 4.74 Å². The zero-order chi connectivity index (χ0) is 11.4. The van der Waals surface area contributed by atoms with Gasteiger partial charge >= 0.3 is 0 Å². The minimum Gasteiger partial charge on any atom is -0.375 e. The topological polar surface area (TPSA) is 35.2 Å². The van der Waals surface area contributed by atoms with Crippen LogP contribution in [0.1, 0.15) is 51.9 Å². The van der Waals surface area contributed by atoms with Gasteiger partial charge in [-0.25, -0.2) is 0 Å². The van der Waals surface area contributed by atoms with Crippen LogP contribution in [0, 0.1) is 0 Å². The van der Waals surface area contributed by atoms with Gasteiger partial charge in [-0.05, 0) is 32.1 Å². The maximum atomic E-state index is 6.05. The van der Waals surface area contributed by atoms with Crippen molar-refractivity contribution in [2.45, 2.75) is 68.8 Å². The molecule has 2 fully saturated rings. The van der Waals surface area contributed by atoms with Gasteiger partial charge in [-0.15, -0.1) is 0 Å². The molecule has 2 N–H and O–H groups in total. The van der Waals surface area contributed by atoms with Gasteiger partial charge in [0, 0.05) is 23.7 Å². The monoisotopic (exact) mass is 243 g/mol. The zero-order valence-electron chi connectivity index (χ0n) is 10.4. The van der Waals surface area contributed by atoms with Crippen molar-refractivity contribution in [3.63, 3.8) is 0 Å². The van der Waals surface area contributed by atoms with E-state index < -0.39 is 0 Å². The van der Waals surface area contributed by atoms with Gasteiger partial charge in [0.1, 0.15) is 0 Å². The van der Waals surface area contributed by atoms with Crippen LogP contribution in [0.25, 0.3) is 0 Å². The van der Waals surface area contributed by atoms with Crippen molar-refractivity contribution in [1.82, 2.24) is 0 Å². The molecule has 1 saturated carbocycles. The van der Waals surface area contributed by atoms with E-state index in [4.69, 9.17) is 10.5 Å². The molecular formula is C13H25NOS. The van der Waals surface area contributed by atoms with Crippen LogP contribution in [0.15, 0.2) is 0 Å². The average molecular weight is 243 g/mol. The van der Waals surface area contributed by atoms with Crippen LogP contribution in [-0.4, -0.2) is 29.3 Å². The smallest absolute Gasteiger partial charge is 0.0693 e. The minimum absolute atomic E-state index is 0.270. The van der Waals surface area contributed by atoms with Gasteiger partial charge in [-0.3, -0.25) is 0 Å². The van der Waals surface area contributed by atoms with E-state index in [-0.39, 0.29) is 5.60 Å². The molecule has 0 aromatic carbocycles. The first kappa shape index (κ1) is 12.7. The fourth-order valence-corrected chi connectivity index (χ4v) is 4.31. The van der Waals surface area contributed by atoms with Crippen molar-refractivity contribution in [3.8, 4) is 0 Å². The molecule has 1 saturated heterocycles. The Labute approximate surface area is 104 Å². The predicted molar refractivity (Wildman–Crippen MR) is 70.9 cm³/mol. The minimum atomic E-state index is 0.270. The molecule has 2 unspecified atom stereocenters. The highest BCUT2D eigenvalue weighted by Gasteiger charge is 2.39. The standard InChI is InChI=1S/C13H25NOS/c1-2-11(14)10-16-12-5-8-15-13(9-12)6-3-4-7-13/h11-12H,2-10,14H2,1H3. The van der Waals surface area contributed by atoms with E-state index in [1.165, 1.54) is 38.5 Å². The van der Waals surface area contributed by atoms with E-state index in [9.17, 15) is 0 Å². The molecule has 0 radical (unpaired) electrons. The second kappa shape index (κ2) is 5.74. The number of rotatable bonds is 4. The summed E-state index contributed by atoms with van der Waals surface area (Å²) in [5.41, 5.74) is 6.25. The van der Waals surface area contributed by atoms with E-state index in [0.29, 0.717) is 6.04 Å². The van der Waals surface area contributed by atoms with Gasteiger partial charge in [-0.1, -0.05) is 19.8 Å². The highest BCUT2D eigenvalue weighted by molar-refractivity contribution is 7.99. The summed E-state index contributed by atoms with van der Waals surface area (Å²) in [6, 6.07) is 0.382. The Hall–Kier alpha value is 0.270. The lowest BCUT2D eigenvalue weighted by Crippen LogP contribution is -2.39. The van der Waals surface area contributed by atoms with Crippen molar-refractivity contribution in [2.24, 2.45) is 5.73 Å². The molecule has 3 heteroatoms. The molecule has 1 aliphatic heterocycles. The Morgan fingerprint density at radius 2 is 2.19 bits per heavy atom. The van der Waals surface area contributed by atoms with Gasteiger partial charge < -0.3 is 10.5 Å². The molecule has 0 aromatic heterocycles. The number of thioether (sulfide) groups is 1. The predicted octanol–water partition coefficient (Wildman–Crippen LogP) is 2.95. The molecule has 94 valence electrons. The van der Waals surface area contributed by atoms with Gasteiger partial charge in [0.15, 0.2) is 0 Å². The molecule has 2 nitrogen and oxygen atoms in total. The average Bonchev–Trinajstić information content (AvgIpc) is 2.74. The van der Waals surface area contributed by atoms with Crippen LogP contribution in [0.2, 0.25) is 0 Å². The quantitative estimate of drug-likeness (QED) is 0.824. The van der Waals surface area contributed by atoms with Gasteiger partial charge in [0.2, 0.25) is 0 Å².